The van der Waals surface area contributed by atoms with Crippen molar-refractivity contribution in [1.82, 2.24) is 19.8 Å². The topological polar surface area (TPSA) is 87.8 Å². The lowest BCUT2D eigenvalue weighted by Crippen LogP contribution is -2.40. The highest BCUT2D eigenvalue weighted by Gasteiger charge is 2.35. The number of fused-ring (bicyclic) bond motifs is 1. The summed E-state index contributed by atoms with van der Waals surface area (Å²) in [5, 5.41) is 0. The molecule has 0 bridgehead atoms. The van der Waals surface area contributed by atoms with Crippen LogP contribution in [-0.4, -0.2) is 65.6 Å². The Labute approximate surface area is 240 Å². The molecule has 1 amide bonds. The van der Waals surface area contributed by atoms with Gasteiger partial charge in [-0.2, -0.15) is 4.39 Å². The van der Waals surface area contributed by atoms with E-state index in [1.807, 2.05) is 26.8 Å². The molecule has 9 heteroatoms. The van der Waals surface area contributed by atoms with E-state index in [2.05, 4.69) is 29.0 Å². The third-order valence-corrected chi connectivity index (χ3v) is 8.61. The highest BCUT2D eigenvalue weighted by atomic mass is 19.1. The summed E-state index contributed by atoms with van der Waals surface area (Å²) in [5.74, 6) is 0.335. The summed E-state index contributed by atoms with van der Waals surface area (Å²) in [6.07, 6.45) is 5.84. The van der Waals surface area contributed by atoms with Crippen molar-refractivity contribution in [2.24, 2.45) is 0 Å². The molecule has 0 saturated heterocycles. The summed E-state index contributed by atoms with van der Waals surface area (Å²) in [6.45, 7) is 6.28. The number of carbonyl (C=O) groups is 1. The third-order valence-electron chi connectivity index (χ3n) is 8.61. The van der Waals surface area contributed by atoms with Gasteiger partial charge in [0.2, 0.25) is 5.95 Å². The molecule has 2 aromatic heterocycles. The van der Waals surface area contributed by atoms with E-state index < -0.39 is 5.95 Å². The number of nitrogens with one attached hydrogen (secondary N) is 1. The second-order valence-electron chi connectivity index (χ2n) is 11.5. The zero-order valence-corrected chi connectivity index (χ0v) is 24.8. The minimum atomic E-state index is -0.580. The van der Waals surface area contributed by atoms with Gasteiger partial charge in [-0.15, -0.1) is 0 Å². The number of halogens is 1. The molecular formula is C32H39FN4O4. The fraction of sp³-hybridized carbons (Fsp3) is 0.469. The number of benzene rings is 1. The molecule has 0 radical (unpaired) electrons. The number of methoxy groups -OCH3 is 1. The van der Waals surface area contributed by atoms with Crippen molar-refractivity contribution in [1.29, 1.82) is 0 Å². The first-order valence-corrected chi connectivity index (χ1v) is 14.3. The van der Waals surface area contributed by atoms with Gasteiger partial charge in [0.15, 0.2) is 11.5 Å². The molecule has 0 atom stereocenters. The Morgan fingerprint density at radius 1 is 1.07 bits per heavy atom. The van der Waals surface area contributed by atoms with Crippen LogP contribution in [-0.2, 0) is 13.0 Å². The van der Waals surface area contributed by atoms with Crippen LogP contribution >= 0.6 is 0 Å². The summed E-state index contributed by atoms with van der Waals surface area (Å²) in [4.78, 5) is 37.7. The maximum Gasteiger partial charge on any atom is 0.254 e. The number of pyridine rings is 2. The molecule has 1 N–H and O–H groups in total. The van der Waals surface area contributed by atoms with Crippen LogP contribution in [0.2, 0.25) is 0 Å². The number of H-pyrrole nitrogens is 1. The van der Waals surface area contributed by atoms with Crippen LogP contribution in [0, 0.1) is 26.7 Å². The van der Waals surface area contributed by atoms with Crippen molar-refractivity contribution in [3.63, 3.8) is 0 Å². The number of amides is 1. The zero-order valence-electron chi connectivity index (χ0n) is 24.8. The predicted molar refractivity (Wildman–Crippen MR) is 156 cm³/mol. The van der Waals surface area contributed by atoms with E-state index in [9.17, 15) is 14.0 Å². The molecule has 0 spiro atoms. The molecule has 1 aromatic carbocycles. The first kappa shape index (κ1) is 28.8. The molecular weight excluding hydrogens is 523 g/mol. The number of aryl methyl sites for hydroxylation is 2. The summed E-state index contributed by atoms with van der Waals surface area (Å²) >= 11 is 0. The van der Waals surface area contributed by atoms with Gasteiger partial charge in [0.1, 0.15) is 0 Å². The number of ether oxygens (including phenoxy) is 2. The summed E-state index contributed by atoms with van der Waals surface area (Å²) in [5.41, 5.74) is 5.50. The minimum Gasteiger partial charge on any atom is -0.492 e. The van der Waals surface area contributed by atoms with E-state index in [4.69, 9.17) is 9.47 Å². The van der Waals surface area contributed by atoms with Gasteiger partial charge in [-0.05, 0) is 96.3 Å². The molecule has 3 aromatic rings. The second kappa shape index (κ2) is 11.6. The number of carbonyl (C=O) groups excluding carboxylic acids is 1. The maximum absolute atomic E-state index is 14.2. The first-order chi connectivity index (χ1) is 19.6. The molecule has 1 aliphatic heterocycles. The van der Waals surface area contributed by atoms with Gasteiger partial charge in [0, 0.05) is 46.7 Å². The van der Waals surface area contributed by atoms with E-state index in [1.54, 1.807) is 18.1 Å². The lowest BCUT2D eigenvalue weighted by Gasteiger charge is -2.35. The van der Waals surface area contributed by atoms with Crippen molar-refractivity contribution in [2.45, 2.75) is 71.6 Å². The van der Waals surface area contributed by atoms with Crippen molar-refractivity contribution in [3.8, 4) is 22.6 Å². The normalized spacial score (nSPS) is 18.9. The fourth-order valence-electron chi connectivity index (χ4n) is 6.36. The van der Waals surface area contributed by atoms with Crippen LogP contribution in [0.25, 0.3) is 11.1 Å². The van der Waals surface area contributed by atoms with Crippen molar-refractivity contribution in [3.05, 3.63) is 74.2 Å². The number of aromatic nitrogens is 2. The average Bonchev–Trinajstić information content (AvgIpc) is 2.93. The van der Waals surface area contributed by atoms with Crippen LogP contribution in [0.1, 0.15) is 64.0 Å². The molecule has 1 aliphatic carbocycles. The Balaban J connectivity index is 1.59. The highest BCUT2D eigenvalue weighted by molar-refractivity contribution is 6.02. The Bertz CT molecular complexity index is 1510. The Kier molecular flexibility index (Phi) is 8.18. The Morgan fingerprint density at radius 2 is 1.80 bits per heavy atom. The molecule has 8 nitrogen and oxygen atoms in total. The number of rotatable bonds is 7. The molecule has 1 saturated carbocycles. The third kappa shape index (κ3) is 5.60. The highest BCUT2D eigenvalue weighted by Crippen LogP contribution is 2.48. The van der Waals surface area contributed by atoms with Gasteiger partial charge < -0.3 is 24.3 Å². The lowest BCUT2D eigenvalue weighted by atomic mass is 9.86. The summed E-state index contributed by atoms with van der Waals surface area (Å²) < 4.78 is 26.5. The number of hydrogen-bond acceptors (Lipinski definition) is 6. The van der Waals surface area contributed by atoms with Crippen LogP contribution in [0.5, 0.6) is 11.5 Å². The number of aromatic amines is 1. The maximum atomic E-state index is 14.2. The summed E-state index contributed by atoms with van der Waals surface area (Å²) in [7, 11) is 5.81. The first-order valence-electron chi connectivity index (χ1n) is 14.3. The molecule has 1 fully saturated rings. The molecule has 2 aliphatic rings. The van der Waals surface area contributed by atoms with Gasteiger partial charge in [-0.1, -0.05) is 0 Å². The molecule has 0 unspecified atom stereocenters. The van der Waals surface area contributed by atoms with E-state index >= 15 is 0 Å². The van der Waals surface area contributed by atoms with Crippen LogP contribution in [0.15, 0.2) is 29.2 Å². The van der Waals surface area contributed by atoms with Crippen LogP contribution < -0.4 is 15.0 Å². The van der Waals surface area contributed by atoms with Gasteiger partial charge in [-0.3, -0.25) is 9.59 Å². The SMILES string of the molecule is COc1c(O[C@H]2CC[C@H](N(C)C)CC2)c(C)c2c(c1-c1ccc(F)nc1)CCN(Cc1c(C)cc(C)[nH]c1=O)C2=O. The van der Waals surface area contributed by atoms with Crippen LogP contribution in [0.3, 0.4) is 0 Å². The zero-order chi connectivity index (χ0) is 29.4. The van der Waals surface area contributed by atoms with Gasteiger partial charge in [0.05, 0.1) is 25.3 Å². The minimum absolute atomic E-state index is 0.0143. The Hall–Kier alpha value is -3.72. The van der Waals surface area contributed by atoms with Gasteiger partial charge in [0.25, 0.3) is 11.5 Å². The smallest absolute Gasteiger partial charge is 0.254 e. The van der Waals surface area contributed by atoms with Gasteiger partial charge >= 0.3 is 0 Å². The van der Waals surface area contributed by atoms with Crippen molar-refractivity contribution in [2.75, 3.05) is 27.7 Å². The monoisotopic (exact) mass is 562 g/mol. The quantitative estimate of drug-likeness (QED) is 0.410. The van der Waals surface area contributed by atoms with Crippen molar-refractivity contribution < 1.29 is 18.7 Å². The molecule has 3 heterocycles. The Morgan fingerprint density at radius 3 is 2.41 bits per heavy atom. The van der Waals surface area contributed by atoms with Crippen LogP contribution in [0.4, 0.5) is 4.39 Å². The van der Waals surface area contributed by atoms with Gasteiger partial charge in [-0.25, -0.2) is 4.98 Å². The molecule has 218 valence electrons. The van der Waals surface area contributed by atoms with E-state index in [1.165, 1.54) is 12.3 Å². The second-order valence-corrected chi connectivity index (χ2v) is 11.5. The fourth-order valence-corrected chi connectivity index (χ4v) is 6.36. The van der Waals surface area contributed by atoms with E-state index in [0.29, 0.717) is 52.8 Å². The number of nitrogens with zero attached hydrogens (tertiary/aromatic N) is 3. The van der Waals surface area contributed by atoms with Crippen molar-refractivity contribution >= 4 is 5.91 Å². The standard InChI is InChI=1S/C32H39FN4O4/c1-18-15-19(2)35-31(38)25(18)17-37-14-13-24-27(32(37)39)20(3)29(41-23-10-8-22(9-11-23)36(4)5)30(40-6)28(24)21-7-12-26(33)34-16-21/h7,12,15-16,22-23H,8-11,13-14,17H2,1-6H3,(H,35,38)/t22-,23-. The average molecular weight is 563 g/mol. The molecule has 41 heavy (non-hydrogen) atoms. The predicted octanol–water partition coefficient (Wildman–Crippen LogP) is 4.96. The lowest BCUT2D eigenvalue weighted by molar-refractivity contribution is 0.0722. The number of hydrogen-bond donors (Lipinski definition) is 1. The van der Waals surface area contributed by atoms with E-state index in [0.717, 1.165) is 48.1 Å². The van der Waals surface area contributed by atoms with E-state index in [-0.39, 0.29) is 24.1 Å². The summed E-state index contributed by atoms with van der Waals surface area (Å²) in [6, 6.07) is 5.42. The largest absolute Gasteiger partial charge is 0.492 e. The molecule has 5 rings (SSSR count).